The van der Waals surface area contributed by atoms with E-state index in [4.69, 9.17) is 0 Å². The summed E-state index contributed by atoms with van der Waals surface area (Å²) in [6.45, 7) is 10.2. The van der Waals surface area contributed by atoms with Crippen LogP contribution in [0.1, 0.15) is 39.7 Å². The van der Waals surface area contributed by atoms with Crippen molar-refractivity contribution in [1.82, 2.24) is 4.90 Å². The van der Waals surface area contributed by atoms with Gasteiger partial charge in [-0.2, -0.15) is 0 Å². The molecule has 0 unspecified atom stereocenters. The summed E-state index contributed by atoms with van der Waals surface area (Å²) in [7, 11) is 0. The molecule has 1 saturated heterocycles. The Labute approximate surface area is 115 Å². The molecule has 3 rings (SSSR count). The highest BCUT2D eigenvalue weighted by Gasteiger charge is 2.61. The highest BCUT2D eigenvalue weighted by molar-refractivity contribution is 5.90. The number of amides is 1. The minimum Gasteiger partial charge on any atom is -0.338 e. The quantitative estimate of drug-likeness (QED) is 0.814. The molecule has 2 aliphatic heterocycles. The van der Waals surface area contributed by atoms with Crippen LogP contribution in [0.25, 0.3) is 0 Å². The van der Waals surface area contributed by atoms with Gasteiger partial charge in [-0.1, -0.05) is 39.0 Å². The maximum Gasteiger partial charge on any atom is 0.244 e. The van der Waals surface area contributed by atoms with Crippen molar-refractivity contribution in [3.05, 3.63) is 29.8 Å². The number of para-hydroxylation sites is 1. The van der Waals surface area contributed by atoms with E-state index in [2.05, 4.69) is 61.8 Å². The molecule has 1 aromatic rings. The Morgan fingerprint density at radius 2 is 1.89 bits per heavy atom. The van der Waals surface area contributed by atoms with Crippen LogP contribution in [0.15, 0.2) is 24.3 Å². The molecule has 0 radical (unpaired) electrons. The van der Waals surface area contributed by atoms with Gasteiger partial charge in [0.05, 0.1) is 6.54 Å². The van der Waals surface area contributed by atoms with Crippen molar-refractivity contribution in [2.75, 3.05) is 18.0 Å². The molecule has 0 aromatic heterocycles. The lowest BCUT2D eigenvalue weighted by atomic mass is 9.76. The van der Waals surface area contributed by atoms with Crippen LogP contribution in [0.3, 0.4) is 0 Å². The predicted molar refractivity (Wildman–Crippen MR) is 77.2 cm³/mol. The normalized spacial score (nSPS) is 27.7. The average molecular weight is 258 g/mol. The molecule has 0 aliphatic carbocycles. The number of fused-ring (bicyclic) bond motifs is 3. The number of anilines is 1. The van der Waals surface area contributed by atoms with Crippen molar-refractivity contribution in [2.45, 2.75) is 45.2 Å². The molecular weight excluding hydrogens is 236 g/mol. The smallest absolute Gasteiger partial charge is 0.244 e. The van der Waals surface area contributed by atoms with Gasteiger partial charge in [-0.15, -0.1) is 0 Å². The van der Waals surface area contributed by atoms with Crippen LogP contribution in [0.4, 0.5) is 5.69 Å². The van der Waals surface area contributed by atoms with Crippen LogP contribution >= 0.6 is 0 Å². The third-order valence-electron chi connectivity index (χ3n) is 5.15. The summed E-state index contributed by atoms with van der Waals surface area (Å²) in [5.41, 5.74) is 2.29. The summed E-state index contributed by atoms with van der Waals surface area (Å²) in [4.78, 5) is 16.7. The van der Waals surface area contributed by atoms with E-state index in [9.17, 15) is 4.79 Å². The molecule has 19 heavy (non-hydrogen) atoms. The zero-order chi connectivity index (χ0) is 13.8. The summed E-state index contributed by atoms with van der Waals surface area (Å²) in [5.74, 6) is 0.256. The molecule has 0 spiro atoms. The monoisotopic (exact) mass is 258 g/mol. The van der Waals surface area contributed by atoms with Gasteiger partial charge in [0.2, 0.25) is 5.91 Å². The largest absolute Gasteiger partial charge is 0.338 e. The zero-order valence-electron chi connectivity index (χ0n) is 12.2. The van der Waals surface area contributed by atoms with E-state index in [-0.39, 0.29) is 17.0 Å². The van der Waals surface area contributed by atoms with Crippen LogP contribution in [0.2, 0.25) is 0 Å². The van der Waals surface area contributed by atoms with E-state index >= 15 is 0 Å². The number of carbonyl (C=O) groups excluding carboxylic acids is 1. The fraction of sp³-hybridized carbons (Fsp3) is 0.562. The van der Waals surface area contributed by atoms with Gasteiger partial charge < -0.3 is 9.80 Å². The third kappa shape index (κ3) is 1.31. The Balaban J connectivity index is 2.18. The lowest BCUT2D eigenvalue weighted by Crippen LogP contribution is -2.59. The second-order valence-electron chi connectivity index (χ2n) is 6.29. The van der Waals surface area contributed by atoms with E-state index in [0.29, 0.717) is 6.54 Å². The standard InChI is InChI=1S/C16H22N2O/c1-5-10-17-14(19)11-18-13-9-7-6-8-12(13)15(2,3)16(17,18)4/h6-9H,5,10-11H2,1-4H3/t16-/m0/s1. The molecule has 0 saturated carbocycles. The minimum atomic E-state index is -0.232. The van der Waals surface area contributed by atoms with Crippen molar-refractivity contribution in [1.29, 1.82) is 0 Å². The van der Waals surface area contributed by atoms with E-state index in [1.165, 1.54) is 11.3 Å². The van der Waals surface area contributed by atoms with Crippen LogP contribution in [0.5, 0.6) is 0 Å². The van der Waals surface area contributed by atoms with Crippen LogP contribution in [-0.4, -0.2) is 29.6 Å². The van der Waals surface area contributed by atoms with E-state index in [1.807, 2.05) is 0 Å². The molecule has 2 aliphatic rings. The molecule has 102 valence electrons. The van der Waals surface area contributed by atoms with Crippen molar-refractivity contribution < 1.29 is 4.79 Å². The summed E-state index contributed by atoms with van der Waals surface area (Å²) >= 11 is 0. The van der Waals surface area contributed by atoms with Gasteiger partial charge in [-0.25, -0.2) is 0 Å². The van der Waals surface area contributed by atoms with Crippen LogP contribution in [0, 0.1) is 0 Å². The Morgan fingerprint density at radius 3 is 2.58 bits per heavy atom. The zero-order valence-corrected chi connectivity index (χ0v) is 12.2. The molecule has 3 nitrogen and oxygen atoms in total. The van der Waals surface area contributed by atoms with Gasteiger partial charge in [-0.3, -0.25) is 4.79 Å². The molecule has 3 heteroatoms. The SMILES string of the molecule is CCCN1C(=O)CN2c3ccccc3C(C)(C)[C@@]12C. The number of hydrogen-bond acceptors (Lipinski definition) is 2. The second-order valence-corrected chi connectivity index (χ2v) is 6.29. The molecule has 1 atom stereocenters. The lowest BCUT2D eigenvalue weighted by molar-refractivity contribution is -0.131. The van der Waals surface area contributed by atoms with Gasteiger partial charge in [0.1, 0.15) is 5.66 Å². The van der Waals surface area contributed by atoms with Gasteiger partial charge in [0, 0.05) is 17.6 Å². The number of hydrogen-bond donors (Lipinski definition) is 0. The topological polar surface area (TPSA) is 23.6 Å². The Kier molecular flexibility index (Phi) is 2.47. The first-order chi connectivity index (χ1) is 8.94. The predicted octanol–water partition coefficient (Wildman–Crippen LogP) is 2.75. The number of rotatable bonds is 2. The van der Waals surface area contributed by atoms with Gasteiger partial charge in [0.25, 0.3) is 0 Å². The summed E-state index contributed by atoms with van der Waals surface area (Å²) in [6, 6.07) is 8.50. The second kappa shape index (κ2) is 3.75. The first-order valence-electron chi connectivity index (χ1n) is 7.12. The van der Waals surface area contributed by atoms with Crippen molar-refractivity contribution in [3.8, 4) is 0 Å². The van der Waals surface area contributed by atoms with E-state index < -0.39 is 0 Å². The lowest BCUT2D eigenvalue weighted by Gasteiger charge is -2.46. The first-order valence-corrected chi connectivity index (χ1v) is 7.12. The van der Waals surface area contributed by atoms with Crippen LogP contribution < -0.4 is 4.90 Å². The Morgan fingerprint density at radius 1 is 1.21 bits per heavy atom. The molecule has 0 N–H and O–H groups in total. The summed E-state index contributed by atoms with van der Waals surface area (Å²) in [5, 5.41) is 0. The van der Waals surface area contributed by atoms with E-state index in [0.717, 1.165) is 13.0 Å². The van der Waals surface area contributed by atoms with Gasteiger partial charge >= 0.3 is 0 Å². The van der Waals surface area contributed by atoms with Crippen molar-refractivity contribution in [2.24, 2.45) is 0 Å². The van der Waals surface area contributed by atoms with Gasteiger partial charge in [-0.05, 0) is 25.0 Å². The number of nitrogens with zero attached hydrogens (tertiary/aromatic N) is 2. The molecule has 1 aromatic carbocycles. The van der Waals surface area contributed by atoms with E-state index in [1.54, 1.807) is 0 Å². The molecule has 0 bridgehead atoms. The minimum absolute atomic E-state index is 0.0507. The highest BCUT2D eigenvalue weighted by atomic mass is 16.2. The Bertz CT molecular complexity index is 537. The highest BCUT2D eigenvalue weighted by Crippen LogP contribution is 2.55. The summed E-state index contributed by atoms with van der Waals surface area (Å²) < 4.78 is 0. The summed E-state index contributed by atoms with van der Waals surface area (Å²) in [6.07, 6.45) is 1.00. The molecule has 1 fully saturated rings. The Hall–Kier alpha value is -1.51. The van der Waals surface area contributed by atoms with Crippen molar-refractivity contribution in [3.63, 3.8) is 0 Å². The maximum absolute atomic E-state index is 12.4. The number of carbonyl (C=O) groups is 1. The molecular formula is C16H22N2O. The third-order valence-corrected chi connectivity index (χ3v) is 5.15. The molecule has 2 heterocycles. The fourth-order valence-electron chi connectivity index (χ4n) is 3.82. The van der Waals surface area contributed by atoms with Gasteiger partial charge in [0.15, 0.2) is 0 Å². The number of benzene rings is 1. The molecule has 1 amide bonds. The average Bonchev–Trinajstić information content (AvgIpc) is 2.73. The van der Waals surface area contributed by atoms with Crippen LogP contribution in [-0.2, 0) is 10.2 Å². The maximum atomic E-state index is 12.4. The fourth-order valence-corrected chi connectivity index (χ4v) is 3.82. The van der Waals surface area contributed by atoms with Crippen molar-refractivity contribution >= 4 is 11.6 Å². The first kappa shape index (κ1) is 12.5.